The topological polar surface area (TPSA) is 161 Å². The number of imidazole rings is 1. The van der Waals surface area contributed by atoms with Gasteiger partial charge in [0.05, 0.1) is 73.0 Å². The van der Waals surface area contributed by atoms with Crippen LogP contribution in [-0.4, -0.2) is 129 Å². The third kappa shape index (κ3) is 13.7. The molecule has 59 heavy (non-hydrogen) atoms. The Bertz CT molecular complexity index is 1700. The summed E-state index contributed by atoms with van der Waals surface area (Å²) in [6, 6.07) is 12.6. The molecule has 2 aromatic carbocycles. The van der Waals surface area contributed by atoms with E-state index in [-0.39, 0.29) is 36.5 Å². The van der Waals surface area contributed by atoms with Crippen molar-refractivity contribution in [3.8, 4) is 0 Å². The lowest BCUT2D eigenvalue weighted by Gasteiger charge is -2.38. The molecule has 15 nitrogen and oxygen atoms in total. The number of aromatic nitrogens is 2. The number of carbonyl (C=O) groups is 2. The molecular formula is C44H72N6O9. The highest BCUT2D eigenvalue weighted by Gasteiger charge is 2.36. The number of likely N-dealkylation sites (tertiary alicyclic amines) is 2. The Labute approximate surface area is 352 Å². The normalized spacial score (nSPS) is 19.3. The maximum absolute atomic E-state index is 12.1. The van der Waals surface area contributed by atoms with Gasteiger partial charge in [-0.25, -0.2) is 14.6 Å². The lowest BCUT2D eigenvalue weighted by molar-refractivity contribution is -0.377. The highest BCUT2D eigenvalue weighted by atomic mass is 16.9. The Balaban J connectivity index is 0.000000252. The molecule has 2 saturated heterocycles. The number of nitrogens with zero attached hydrogens (tertiary/aromatic N) is 4. The lowest BCUT2D eigenvalue weighted by Crippen LogP contribution is -2.52. The monoisotopic (exact) mass is 829 g/mol. The number of amides is 2. The second-order valence-electron chi connectivity index (χ2n) is 14.4. The highest BCUT2D eigenvalue weighted by Crippen LogP contribution is 2.32. The Morgan fingerprint density at radius 3 is 1.81 bits per heavy atom. The van der Waals surface area contributed by atoms with Crippen LogP contribution in [0.1, 0.15) is 90.7 Å². The number of nitrogens with two attached hydrogens (primary N) is 1. The summed E-state index contributed by atoms with van der Waals surface area (Å²) in [6.45, 7) is 22.6. The molecule has 0 radical (unpaired) electrons. The summed E-state index contributed by atoms with van der Waals surface area (Å²) in [6.07, 6.45) is 2.46. The number of ether oxygens (including phenoxy) is 7. The fraction of sp³-hybridized carbons (Fsp3) is 0.659. The number of hydrogen-bond acceptors (Lipinski definition) is 12. The van der Waals surface area contributed by atoms with Crippen LogP contribution in [0.3, 0.4) is 0 Å². The van der Waals surface area contributed by atoms with E-state index in [4.69, 9.17) is 43.9 Å². The summed E-state index contributed by atoms with van der Waals surface area (Å²) in [4.78, 5) is 32.1. The van der Waals surface area contributed by atoms with Crippen LogP contribution in [0.25, 0.3) is 11.0 Å². The highest BCUT2D eigenvalue weighted by molar-refractivity contribution is 5.77. The molecule has 3 N–H and O–H groups in total. The first-order valence-corrected chi connectivity index (χ1v) is 21.3. The van der Waals surface area contributed by atoms with Gasteiger partial charge < -0.3 is 58.6 Å². The van der Waals surface area contributed by atoms with E-state index in [0.29, 0.717) is 65.6 Å². The van der Waals surface area contributed by atoms with Crippen LogP contribution in [0.15, 0.2) is 36.4 Å². The van der Waals surface area contributed by atoms with E-state index < -0.39 is 5.97 Å². The number of aryl methyl sites for hydroxylation is 3. The van der Waals surface area contributed by atoms with E-state index in [1.54, 1.807) is 30.9 Å². The van der Waals surface area contributed by atoms with Crippen molar-refractivity contribution in [1.29, 1.82) is 0 Å². The fourth-order valence-corrected chi connectivity index (χ4v) is 7.50. The van der Waals surface area contributed by atoms with Crippen LogP contribution in [-0.2, 0) is 39.6 Å². The molecule has 0 spiro atoms. The molecular weight excluding hydrogens is 757 g/mol. The Hall–Kier alpha value is -4.15. The molecule has 0 unspecified atom stereocenters. The summed E-state index contributed by atoms with van der Waals surface area (Å²) in [5.74, 6) is 0.260. The standard InChI is InChI=1S/C19H27N3O3.C16H25N3O3.C9H20O3/c1-5-18-20-14-11-13(3)7-8-15(14)22(18)16-9-10-21(12-17(16)24-4)19(23)25-6-2;1-4-22-16(20)19-8-7-14(15(10-19)21-3)18-13-6-5-11(2)9-12(13)17;1-5-9(10-6-2,11-7-3)12-8-4/h7-8,11,16-17H,5-6,9-10,12H2,1-4H3;5-6,9,14-15,18H,4,7-8,10,17H2,1-3H3;5-8H2,1-4H3/t16-,17-;14-,15-;/m11./s1. The van der Waals surface area contributed by atoms with Gasteiger partial charge in [-0.15, -0.1) is 0 Å². The average Bonchev–Trinajstić information content (AvgIpc) is 3.60. The van der Waals surface area contributed by atoms with Gasteiger partial charge in [-0.3, -0.25) is 0 Å². The summed E-state index contributed by atoms with van der Waals surface area (Å²) in [5.41, 5.74) is 12.2. The molecule has 4 atom stereocenters. The van der Waals surface area contributed by atoms with Crippen molar-refractivity contribution in [2.45, 2.75) is 118 Å². The average molecular weight is 829 g/mol. The van der Waals surface area contributed by atoms with Gasteiger partial charge in [-0.05, 0) is 96.7 Å². The number of rotatable bonds is 15. The van der Waals surface area contributed by atoms with Crippen molar-refractivity contribution >= 4 is 34.6 Å². The Morgan fingerprint density at radius 1 is 0.763 bits per heavy atom. The maximum Gasteiger partial charge on any atom is 0.409 e. The number of carbonyl (C=O) groups excluding carboxylic acids is 2. The van der Waals surface area contributed by atoms with Crippen molar-refractivity contribution in [2.75, 3.05) is 84.5 Å². The van der Waals surface area contributed by atoms with E-state index in [9.17, 15) is 9.59 Å². The number of nitrogen functional groups attached to an aromatic ring is 1. The Morgan fingerprint density at radius 2 is 1.31 bits per heavy atom. The number of benzene rings is 2. The van der Waals surface area contributed by atoms with Gasteiger partial charge in [0.2, 0.25) is 0 Å². The molecule has 1 aromatic heterocycles. The van der Waals surface area contributed by atoms with Crippen LogP contribution in [0.2, 0.25) is 0 Å². The van der Waals surface area contributed by atoms with Crippen LogP contribution in [0, 0.1) is 13.8 Å². The smallest absolute Gasteiger partial charge is 0.409 e. The third-order valence-corrected chi connectivity index (χ3v) is 10.4. The molecule has 2 amide bonds. The van der Waals surface area contributed by atoms with Crippen LogP contribution >= 0.6 is 0 Å². The van der Waals surface area contributed by atoms with Crippen LogP contribution in [0.5, 0.6) is 0 Å². The largest absolute Gasteiger partial charge is 0.450 e. The summed E-state index contributed by atoms with van der Waals surface area (Å²) in [5, 5.41) is 3.44. The minimum absolute atomic E-state index is 0.0813. The molecule has 332 valence electrons. The molecule has 0 bridgehead atoms. The van der Waals surface area contributed by atoms with Gasteiger partial charge >= 0.3 is 12.2 Å². The zero-order valence-corrected chi connectivity index (χ0v) is 37.5. The SMILES string of the molecule is CCOC(=O)N1CC[C@@H](Nc2ccc(C)cc2N)[C@H](OC)C1.CCOC(=O)N1CC[C@@H](n2c(CC)nc3cc(C)ccc32)[C@H](OC)C1.CCOC(CC)(OCC)OCC. The second-order valence-corrected chi connectivity index (χ2v) is 14.4. The summed E-state index contributed by atoms with van der Waals surface area (Å²) in [7, 11) is 3.37. The molecule has 3 heterocycles. The van der Waals surface area contributed by atoms with Crippen molar-refractivity contribution in [1.82, 2.24) is 19.4 Å². The molecule has 2 aliphatic rings. The maximum atomic E-state index is 12.1. The van der Waals surface area contributed by atoms with Crippen molar-refractivity contribution in [3.63, 3.8) is 0 Å². The molecule has 2 aliphatic heterocycles. The fourth-order valence-electron chi connectivity index (χ4n) is 7.50. The van der Waals surface area contributed by atoms with Crippen molar-refractivity contribution < 1.29 is 42.7 Å². The van der Waals surface area contributed by atoms with E-state index in [2.05, 4.69) is 41.9 Å². The minimum Gasteiger partial charge on any atom is -0.450 e. The zero-order valence-electron chi connectivity index (χ0n) is 37.5. The van der Waals surface area contributed by atoms with E-state index in [1.807, 2.05) is 59.7 Å². The number of methoxy groups -OCH3 is 2. The zero-order chi connectivity index (χ0) is 43.5. The minimum atomic E-state index is -0.807. The van der Waals surface area contributed by atoms with Crippen molar-refractivity contribution in [2.24, 2.45) is 0 Å². The number of hydrogen-bond donors (Lipinski definition) is 2. The van der Waals surface area contributed by atoms with Gasteiger partial charge in [-0.2, -0.15) is 0 Å². The van der Waals surface area contributed by atoms with Crippen molar-refractivity contribution in [3.05, 3.63) is 53.3 Å². The predicted octanol–water partition coefficient (Wildman–Crippen LogP) is 7.72. The quantitative estimate of drug-likeness (QED) is 0.114. The van der Waals surface area contributed by atoms with Gasteiger partial charge in [0.15, 0.2) is 0 Å². The van der Waals surface area contributed by atoms with E-state index in [1.165, 1.54) is 5.56 Å². The summed E-state index contributed by atoms with van der Waals surface area (Å²) < 4.78 is 40.1. The number of fused-ring (bicyclic) bond motifs is 1. The molecule has 5 rings (SSSR count). The van der Waals surface area contributed by atoms with Gasteiger partial charge in [0.25, 0.3) is 5.97 Å². The summed E-state index contributed by atoms with van der Waals surface area (Å²) >= 11 is 0. The molecule has 2 fully saturated rings. The first kappa shape index (κ1) is 49.2. The number of anilines is 2. The third-order valence-electron chi connectivity index (χ3n) is 10.4. The lowest BCUT2D eigenvalue weighted by atomic mass is 10.0. The van der Waals surface area contributed by atoms with E-state index >= 15 is 0 Å². The number of nitrogens with one attached hydrogen (secondary N) is 1. The predicted molar refractivity (Wildman–Crippen MR) is 232 cm³/mol. The first-order valence-electron chi connectivity index (χ1n) is 21.3. The molecule has 15 heteroatoms. The second kappa shape index (κ2) is 24.8. The number of piperidine rings is 2. The first-order chi connectivity index (χ1) is 28.4. The molecule has 0 saturated carbocycles. The van der Waals surface area contributed by atoms with E-state index in [0.717, 1.165) is 53.1 Å². The molecule has 0 aliphatic carbocycles. The van der Waals surface area contributed by atoms with Crippen LogP contribution < -0.4 is 11.1 Å². The molecule has 3 aromatic rings. The van der Waals surface area contributed by atoms with Gasteiger partial charge in [0.1, 0.15) is 5.82 Å². The van der Waals surface area contributed by atoms with Crippen LogP contribution in [0.4, 0.5) is 21.0 Å². The van der Waals surface area contributed by atoms with Gasteiger partial charge in [0, 0.05) is 60.0 Å². The Kier molecular flexibility index (Phi) is 20.7. The van der Waals surface area contributed by atoms with Gasteiger partial charge in [-0.1, -0.05) is 26.0 Å².